The maximum absolute atomic E-state index is 10.8. The maximum Gasteiger partial charge on any atom is 0.269 e. The van der Waals surface area contributed by atoms with Crippen LogP contribution in [0.3, 0.4) is 0 Å². The van der Waals surface area contributed by atoms with Gasteiger partial charge in [-0.3, -0.25) is 10.1 Å². The number of nitro benzene ring substituents is 1. The first-order chi connectivity index (χ1) is 14.8. The van der Waals surface area contributed by atoms with Crippen LogP contribution in [0, 0.1) is 35.3 Å². The molecule has 0 aliphatic heterocycles. The number of aliphatic imine (C=N–C) groups is 1. The van der Waals surface area contributed by atoms with E-state index in [0.717, 1.165) is 11.1 Å². The number of benzene rings is 2. The van der Waals surface area contributed by atoms with Crippen molar-refractivity contribution < 1.29 is 18.8 Å². The van der Waals surface area contributed by atoms with Crippen LogP contribution in [0.15, 0.2) is 50.3 Å². The number of halogens is 1. The van der Waals surface area contributed by atoms with Gasteiger partial charge in [0.05, 0.1) is 16.5 Å². The van der Waals surface area contributed by atoms with Crippen LogP contribution in [0.25, 0.3) is 0 Å². The molecule has 3 aromatic rings. The van der Waals surface area contributed by atoms with Crippen molar-refractivity contribution >= 4 is 33.7 Å². The quantitative estimate of drug-likeness (QED) is 0.239. The number of rotatable bonds is 7. The Hall–Kier alpha value is -3.64. The normalized spacial score (nSPS) is 10.8. The van der Waals surface area contributed by atoms with E-state index in [2.05, 4.69) is 27.0 Å². The van der Waals surface area contributed by atoms with E-state index < -0.39 is 4.92 Å². The number of nitro groups is 1. The van der Waals surface area contributed by atoms with Gasteiger partial charge in [-0.05, 0) is 65.2 Å². The van der Waals surface area contributed by atoms with Gasteiger partial charge in [0.25, 0.3) is 5.69 Å². The van der Waals surface area contributed by atoms with E-state index in [9.17, 15) is 15.4 Å². The number of nitrogens with zero attached hydrogens (tertiary/aromatic N) is 3. The van der Waals surface area contributed by atoms with E-state index in [1.165, 1.54) is 19.2 Å². The Labute approximate surface area is 187 Å². The third kappa shape index (κ3) is 4.92. The topological polar surface area (TPSA) is 111 Å². The number of hydrogen-bond donors (Lipinski definition) is 0. The molecule has 3 rings (SSSR count). The van der Waals surface area contributed by atoms with Crippen LogP contribution in [0.4, 0.5) is 11.6 Å². The van der Waals surface area contributed by atoms with Crippen molar-refractivity contribution in [1.82, 2.24) is 0 Å². The summed E-state index contributed by atoms with van der Waals surface area (Å²) in [5.41, 5.74) is 2.68. The minimum absolute atomic E-state index is 0.0210. The van der Waals surface area contributed by atoms with Crippen LogP contribution < -0.4 is 9.47 Å². The molecule has 1 aromatic heterocycles. The van der Waals surface area contributed by atoms with Gasteiger partial charge in [0.1, 0.15) is 24.0 Å². The molecule has 0 unspecified atom stereocenters. The molecule has 0 amide bonds. The van der Waals surface area contributed by atoms with Gasteiger partial charge >= 0.3 is 0 Å². The molecule has 1 heterocycles. The highest BCUT2D eigenvalue weighted by molar-refractivity contribution is 9.10. The molecular formula is C22H18BrN3O5. The first kappa shape index (κ1) is 22.1. The Morgan fingerprint density at radius 1 is 1.29 bits per heavy atom. The molecule has 0 saturated carbocycles. The van der Waals surface area contributed by atoms with Crippen LogP contribution in [0.2, 0.25) is 0 Å². The average molecular weight is 484 g/mol. The highest BCUT2D eigenvalue weighted by Gasteiger charge is 2.15. The molecule has 9 heteroatoms. The van der Waals surface area contributed by atoms with E-state index in [0.29, 0.717) is 32.9 Å². The Morgan fingerprint density at radius 3 is 2.61 bits per heavy atom. The smallest absolute Gasteiger partial charge is 0.269 e. The summed E-state index contributed by atoms with van der Waals surface area (Å²) in [5.74, 6) is 1.87. The van der Waals surface area contributed by atoms with Gasteiger partial charge in [0, 0.05) is 23.9 Å². The van der Waals surface area contributed by atoms with Gasteiger partial charge in [-0.1, -0.05) is 0 Å². The SMILES string of the molecule is COc1cc(C=Nc2oc(C)c(C)c2C#N)cc(Br)c1OCc1ccc([N+](=O)[O-])cc1. The Kier molecular flexibility index (Phi) is 6.72. The lowest BCUT2D eigenvalue weighted by Gasteiger charge is -2.13. The van der Waals surface area contributed by atoms with Crippen LogP contribution in [-0.2, 0) is 6.61 Å². The van der Waals surface area contributed by atoms with Crippen LogP contribution in [0.1, 0.15) is 28.0 Å². The maximum atomic E-state index is 10.8. The van der Waals surface area contributed by atoms with Crippen LogP contribution >= 0.6 is 15.9 Å². The molecule has 0 fully saturated rings. The monoisotopic (exact) mass is 483 g/mol. The lowest BCUT2D eigenvalue weighted by atomic mass is 10.2. The van der Waals surface area contributed by atoms with E-state index in [-0.39, 0.29) is 18.2 Å². The highest BCUT2D eigenvalue weighted by atomic mass is 79.9. The first-order valence-corrected chi connectivity index (χ1v) is 9.91. The molecule has 0 bridgehead atoms. The van der Waals surface area contributed by atoms with Gasteiger partial charge in [-0.25, -0.2) is 4.99 Å². The Balaban J connectivity index is 1.81. The lowest BCUT2D eigenvalue weighted by Crippen LogP contribution is -2.00. The van der Waals surface area contributed by atoms with E-state index in [4.69, 9.17) is 13.9 Å². The second-order valence-electron chi connectivity index (χ2n) is 6.58. The van der Waals surface area contributed by atoms with Crippen molar-refractivity contribution in [2.45, 2.75) is 20.5 Å². The van der Waals surface area contributed by atoms with E-state index in [1.807, 2.05) is 6.92 Å². The number of furan rings is 1. The number of nitriles is 1. The van der Waals surface area contributed by atoms with Crippen molar-refractivity contribution in [2.75, 3.05) is 7.11 Å². The van der Waals surface area contributed by atoms with Crippen molar-refractivity contribution in [3.63, 3.8) is 0 Å². The molecule has 0 atom stereocenters. The number of ether oxygens (including phenoxy) is 2. The molecule has 0 saturated heterocycles. The van der Waals surface area contributed by atoms with Crippen molar-refractivity contribution in [2.24, 2.45) is 4.99 Å². The molecule has 0 N–H and O–H groups in total. The molecule has 8 nitrogen and oxygen atoms in total. The van der Waals surface area contributed by atoms with Crippen LogP contribution in [-0.4, -0.2) is 18.2 Å². The molecule has 158 valence electrons. The summed E-state index contributed by atoms with van der Waals surface area (Å²) in [6.07, 6.45) is 1.58. The second kappa shape index (κ2) is 9.45. The first-order valence-electron chi connectivity index (χ1n) is 9.11. The van der Waals surface area contributed by atoms with Gasteiger partial charge in [-0.2, -0.15) is 5.26 Å². The summed E-state index contributed by atoms with van der Waals surface area (Å²) in [7, 11) is 1.52. The number of non-ortho nitro benzene ring substituents is 1. The summed E-state index contributed by atoms with van der Waals surface area (Å²) < 4.78 is 17.5. The molecule has 0 aliphatic carbocycles. The number of aryl methyl sites for hydroxylation is 1. The third-order valence-corrected chi connectivity index (χ3v) is 5.18. The van der Waals surface area contributed by atoms with Crippen LogP contribution in [0.5, 0.6) is 11.5 Å². The van der Waals surface area contributed by atoms with Gasteiger partial charge in [0.15, 0.2) is 11.5 Å². The fourth-order valence-electron chi connectivity index (χ4n) is 2.79. The predicted octanol–water partition coefficient (Wildman–Crippen LogP) is 5.78. The second-order valence-corrected chi connectivity index (χ2v) is 7.43. The van der Waals surface area contributed by atoms with Crippen molar-refractivity contribution in [3.8, 4) is 17.6 Å². The van der Waals surface area contributed by atoms with Crippen molar-refractivity contribution in [3.05, 3.63) is 79.0 Å². The van der Waals surface area contributed by atoms with Crippen molar-refractivity contribution in [1.29, 1.82) is 5.26 Å². The zero-order chi connectivity index (χ0) is 22.5. The zero-order valence-electron chi connectivity index (χ0n) is 17.0. The molecular weight excluding hydrogens is 466 g/mol. The predicted molar refractivity (Wildman–Crippen MR) is 118 cm³/mol. The summed E-state index contributed by atoms with van der Waals surface area (Å²) in [6.45, 7) is 3.80. The Bertz CT molecular complexity index is 1190. The molecule has 0 aliphatic rings. The summed E-state index contributed by atoms with van der Waals surface area (Å²) in [5, 5.41) is 20.1. The fourth-order valence-corrected chi connectivity index (χ4v) is 3.36. The highest BCUT2D eigenvalue weighted by Crippen LogP contribution is 2.37. The third-order valence-electron chi connectivity index (χ3n) is 4.59. The van der Waals surface area contributed by atoms with E-state index in [1.54, 1.807) is 37.4 Å². The van der Waals surface area contributed by atoms with Gasteiger partial charge in [-0.15, -0.1) is 0 Å². The summed E-state index contributed by atoms with van der Waals surface area (Å²) in [4.78, 5) is 14.6. The average Bonchev–Trinajstić information content (AvgIpc) is 3.04. The van der Waals surface area contributed by atoms with Gasteiger partial charge < -0.3 is 13.9 Å². The lowest BCUT2D eigenvalue weighted by molar-refractivity contribution is -0.384. The Morgan fingerprint density at radius 2 is 2.00 bits per heavy atom. The van der Waals surface area contributed by atoms with Gasteiger partial charge in [0.2, 0.25) is 5.88 Å². The molecule has 0 spiro atoms. The minimum atomic E-state index is -0.449. The number of methoxy groups -OCH3 is 1. The summed E-state index contributed by atoms with van der Waals surface area (Å²) >= 11 is 3.48. The summed E-state index contributed by atoms with van der Waals surface area (Å²) in [6, 6.07) is 11.8. The fraction of sp³-hybridized carbons (Fsp3) is 0.182. The molecule has 2 aromatic carbocycles. The zero-order valence-corrected chi connectivity index (χ0v) is 18.6. The number of hydrogen-bond acceptors (Lipinski definition) is 7. The molecule has 31 heavy (non-hydrogen) atoms. The minimum Gasteiger partial charge on any atom is -0.493 e. The van der Waals surface area contributed by atoms with E-state index >= 15 is 0 Å². The molecule has 0 radical (unpaired) electrons. The standard InChI is InChI=1S/C22H18BrN3O5/c1-13-14(2)31-22(18(13)10-24)25-11-16-8-19(23)21(20(9-16)29-3)30-12-15-4-6-17(7-5-15)26(27)28/h4-9,11H,12H2,1-3H3. The largest absolute Gasteiger partial charge is 0.493 e.